The van der Waals surface area contributed by atoms with E-state index in [9.17, 15) is 8.76 Å². The first-order valence-corrected chi connectivity index (χ1v) is 12.1. The summed E-state index contributed by atoms with van der Waals surface area (Å²) in [5.74, 6) is 2.54. The second-order valence-electron chi connectivity index (χ2n) is 7.25. The molecule has 3 aromatic rings. The van der Waals surface area contributed by atoms with Crippen LogP contribution in [-0.2, 0) is 17.8 Å². The van der Waals surface area contributed by atoms with Crippen LogP contribution in [0.25, 0.3) is 0 Å². The minimum atomic E-state index is -2.38. The number of hydrogen-bond donors (Lipinski definition) is 2. The van der Waals surface area contributed by atoms with Crippen LogP contribution in [0.3, 0.4) is 0 Å². The summed E-state index contributed by atoms with van der Waals surface area (Å²) in [5.41, 5.74) is 1.88. The minimum Gasteiger partial charge on any atom is -0.760 e. The van der Waals surface area contributed by atoms with Gasteiger partial charge in [0.15, 0.2) is 17.3 Å². The van der Waals surface area contributed by atoms with Crippen molar-refractivity contribution in [3.8, 4) is 23.0 Å². The highest BCUT2D eigenvalue weighted by molar-refractivity contribution is 7.76. The first-order chi connectivity index (χ1) is 17.3. The van der Waals surface area contributed by atoms with Crippen molar-refractivity contribution >= 4 is 46.0 Å². The number of aromatic nitrogens is 2. The van der Waals surface area contributed by atoms with E-state index < -0.39 is 11.3 Å². The Labute approximate surface area is 217 Å². The molecule has 0 radical (unpaired) electrons. The molecule has 2 N–H and O–H groups in total. The summed E-state index contributed by atoms with van der Waals surface area (Å²) >= 11 is 3.99. The van der Waals surface area contributed by atoms with Crippen LogP contribution in [-0.4, -0.2) is 58.0 Å². The predicted octanol–water partition coefficient (Wildman–Crippen LogP) is 4.27. The lowest BCUT2D eigenvalue weighted by Gasteiger charge is -2.24. The van der Waals surface area contributed by atoms with Gasteiger partial charge in [0.25, 0.3) is 0 Å². The molecule has 13 heteroatoms. The lowest BCUT2D eigenvalue weighted by molar-refractivity contribution is 0.324. The molecule has 1 heterocycles. The van der Waals surface area contributed by atoms with Gasteiger partial charge in [-0.1, -0.05) is 18.5 Å². The minimum absolute atomic E-state index is 0.130. The Kier molecular flexibility index (Phi) is 9.53. The lowest BCUT2D eigenvalue weighted by Crippen LogP contribution is -2.25. The van der Waals surface area contributed by atoms with E-state index in [0.717, 1.165) is 0 Å². The van der Waals surface area contributed by atoms with Crippen molar-refractivity contribution in [2.75, 3.05) is 45.6 Å². The standard InChI is InChI=1S/C23H28ClN5O6S/c1-6-29(36(30)31)13-14-9-16(32-2)7-8-18(14)27-22-17(24)12-25-23(28-22)26-15-10-19(33-3)21(35-5)20(11-15)34-4/h7-12H,6,13H2,1-5H3,(H,30,31)(H2,25,26,27,28)/p-1. The molecule has 36 heavy (non-hydrogen) atoms. The summed E-state index contributed by atoms with van der Waals surface area (Å²) in [6.45, 7) is 2.20. The maximum Gasteiger partial charge on any atom is 0.229 e. The predicted molar refractivity (Wildman–Crippen MR) is 138 cm³/mol. The monoisotopic (exact) mass is 536 g/mol. The van der Waals surface area contributed by atoms with E-state index in [1.54, 1.807) is 37.3 Å². The molecule has 0 saturated heterocycles. The van der Waals surface area contributed by atoms with Gasteiger partial charge in [-0.2, -0.15) is 4.98 Å². The number of anilines is 4. The average molecular weight is 537 g/mol. The highest BCUT2D eigenvalue weighted by atomic mass is 35.5. The zero-order valence-corrected chi connectivity index (χ0v) is 22.0. The molecule has 0 aliphatic carbocycles. The van der Waals surface area contributed by atoms with Gasteiger partial charge >= 0.3 is 0 Å². The van der Waals surface area contributed by atoms with Crippen LogP contribution in [0.5, 0.6) is 23.0 Å². The second kappa shape index (κ2) is 12.6. The second-order valence-corrected chi connectivity index (χ2v) is 8.61. The maximum absolute atomic E-state index is 11.6. The van der Waals surface area contributed by atoms with Crippen molar-refractivity contribution in [2.24, 2.45) is 0 Å². The van der Waals surface area contributed by atoms with Gasteiger partial charge in [-0.25, -0.2) is 9.29 Å². The third-order valence-electron chi connectivity index (χ3n) is 5.14. The summed E-state index contributed by atoms with van der Waals surface area (Å²) < 4.78 is 45.8. The molecular weight excluding hydrogens is 510 g/mol. The molecule has 0 amide bonds. The topological polar surface area (TPSA) is 130 Å². The van der Waals surface area contributed by atoms with E-state index in [1.165, 1.54) is 38.9 Å². The van der Waals surface area contributed by atoms with E-state index in [1.807, 2.05) is 0 Å². The van der Waals surface area contributed by atoms with E-state index >= 15 is 0 Å². The number of rotatable bonds is 12. The van der Waals surface area contributed by atoms with Crippen LogP contribution in [0.15, 0.2) is 36.5 Å². The van der Waals surface area contributed by atoms with Crippen LogP contribution >= 0.6 is 11.6 Å². The molecule has 0 fully saturated rings. The molecular formula is C23H27ClN5O6S-. The highest BCUT2D eigenvalue weighted by Gasteiger charge is 2.16. The molecule has 0 spiro atoms. The summed E-state index contributed by atoms with van der Waals surface area (Å²) in [5, 5.41) is 6.55. The maximum atomic E-state index is 11.6. The Bertz CT molecular complexity index is 1210. The number of benzene rings is 2. The van der Waals surface area contributed by atoms with Gasteiger partial charge in [-0.15, -0.1) is 0 Å². The SMILES string of the molecule is CCN(Cc1cc(OC)ccc1Nc1nc(Nc2cc(OC)c(OC)c(OC)c2)ncc1Cl)S(=O)[O-]. The largest absolute Gasteiger partial charge is 0.760 e. The molecule has 0 saturated carbocycles. The first kappa shape index (κ1) is 27.3. The Morgan fingerprint density at radius 3 is 2.28 bits per heavy atom. The summed E-state index contributed by atoms with van der Waals surface area (Å²) in [7, 11) is 6.11. The van der Waals surface area contributed by atoms with Crippen LogP contribution in [0.2, 0.25) is 5.02 Å². The van der Waals surface area contributed by atoms with Crippen LogP contribution < -0.4 is 29.6 Å². The fourth-order valence-electron chi connectivity index (χ4n) is 3.33. The van der Waals surface area contributed by atoms with Gasteiger partial charge in [0.05, 0.1) is 34.6 Å². The fraction of sp³-hybridized carbons (Fsp3) is 0.304. The zero-order valence-electron chi connectivity index (χ0n) is 20.5. The number of halogens is 1. The van der Waals surface area contributed by atoms with Crippen molar-refractivity contribution in [1.82, 2.24) is 14.3 Å². The third-order valence-corrected chi connectivity index (χ3v) is 6.23. The van der Waals surface area contributed by atoms with Gasteiger partial charge in [-0.05, 0) is 23.8 Å². The molecule has 1 aromatic heterocycles. The van der Waals surface area contributed by atoms with Gasteiger partial charge in [0.1, 0.15) is 10.8 Å². The molecule has 0 aliphatic heterocycles. The van der Waals surface area contributed by atoms with Crippen molar-refractivity contribution in [2.45, 2.75) is 13.5 Å². The Balaban J connectivity index is 1.93. The number of nitrogens with one attached hydrogen (secondary N) is 2. The molecule has 3 rings (SSSR count). The van der Waals surface area contributed by atoms with Crippen molar-refractivity contribution in [3.63, 3.8) is 0 Å². The summed E-state index contributed by atoms with van der Waals surface area (Å²) in [6, 6.07) is 8.70. The normalized spacial score (nSPS) is 11.7. The number of nitrogens with zero attached hydrogens (tertiary/aromatic N) is 3. The van der Waals surface area contributed by atoms with E-state index in [-0.39, 0.29) is 17.5 Å². The molecule has 0 bridgehead atoms. The molecule has 11 nitrogen and oxygen atoms in total. The van der Waals surface area contributed by atoms with E-state index in [0.29, 0.717) is 52.3 Å². The Morgan fingerprint density at radius 1 is 1.03 bits per heavy atom. The van der Waals surface area contributed by atoms with Gasteiger partial charge in [0.2, 0.25) is 11.7 Å². The molecule has 1 unspecified atom stereocenters. The Hall–Kier alpha value is -3.32. The van der Waals surface area contributed by atoms with Crippen molar-refractivity contribution in [1.29, 1.82) is 0 Å². The molecule has 1 atom stereocenters. The first-order valence-electron chi connectivity index (χ1n) is 10.7. The van der Waals surface area contributed by atoms with Gasteiger partial charge in [0, 0.05) is 47.9 Å². The number of hydrogen-bond acceptors (Lipinski definition) is 10. The summed E-state index contributed by atoms with van der Waals surface area (Å²) in [4.78, 5) is 8.74. The molecule has 194 valence electrons. The van der Waals surface area contributed by atoms with Crippen LogP contribution in [0, 0.1) is 0 Å². The van der Waals surface area contributed by atoms with Crippen LogP contribution in [0.1, 0.15) is 12.5 Å². The lowest BCUT2D eigenvalue weighted by atomic mass is 10.1. The van der Waals surface area contributed by atoms with Gasteiger partial charge < -0.3 is 34.1 Å². The molecule has 0 aliphatic rings. The smallest absolute Gasteiger partial charge is 0.229 e. The van der Waals surface area contributed by atoms with Crippen molar-refractivity contribution < 1.29 is 27.7 Å². The average Bonchev–Trinajstić information content (AvgIpc) is 2.88. The summed E-state index contributed by atoms with van der Waals surface area (Å²) in [6.07, 6.45) is 1.45. The molecule has 2 aromatic carbocycles. The van der Waals surface area contributed by atoms with E-state index in [2.05, 4.69) is 20.6 Å². The van der Waals surface area contributed by atoms with Crippen molar-refractivity contribution in [3.05, 3.63) is 47.1 Å². The quantitative estimate of drug-likeness (QED) is 0.323. The Morgan fingerprint density at radius 2 is 1.72 bits per heavy atom. The van der Waals surface area contributed by atoms with Crippen LogP contribution in [0.4, 0.5) is 23.1 Å². The number of ether oxygens (including phenoxy) is 4. The number of methoxy groups -OCH3 is 4. The third kappa shape index (κ3) is 6.46. The van der Waals surface area contributed by atoms with E-state index in [4.69, 9.17) is 30.5 Å². The zero-order chi connectivity index (χ0) is 26.2. The highest BCUT2D eigenvalue weighted by Crippen LogP contribution is 2.40. The fourth-order valence-corrected chi connectivity index (χ4v) is 3.93. The van der Waals surface area contributed by atoms with Gasteiger partial charge in [-0.3, -0.25) is 4.21 Å².